The highest BCUT2D eigenvalue weighted by molar-refractivity contribution is 5.73. The number of hydrogen-bond donors (Lipinski definition) is 1. The highest BCUT2D eigenvalue weighted by Crippen LogP contribution is 2.49. The first-order valence-electron chi connectivity index (χ1n) is 19.4. The number of anilines is 2. The summed E-state index contributed by atoms with van der Waals surface area (Å²) in [4.78, 5) is 25.9. The number of benzene rings is 1. The molecule has 0 radical (unpaired) electrons. The average Bonchev–Trinajstić information content (AvgIpc) is 3.89. The molecule has 5 aliphatic rings. The van der Waals surface area contributed by atoms with Gasteiger partial charge in [0, 0.05) is 86.6 Å². The Balaban J connectivity index is 0.825. The lowest BCUT2D eigenvalue weighted by Crippen LogP contribution is -2.65. The predicted molar refractivity (Wildman–Crippen MR) is 199 cm³/mol. The van der Waals surface area contributed by atoms with E-state index < -0.39 is 0 Å². The van der Waals surface area contributed by atoms with Crippen LogP contribution >= 0.6 is 0 Å². The molecule has 13 heteroatoms. The van der Waals surface area contributed by atoms with Gasteiger partial charge in [-0.3, -0.25) is 9.80 Å². The second kappa shape index (κ2) is 14.5. The molecule has 5 fully saturated rings. The largest absolute Gasteiger partial charge is 0.434 e. The summed E-state index contributed by atoms with van der Waals surface area (Å²) in [6.07, 6.45) is 10.4. The molecule has 1 N–H and O–H groups in total. The number of hydrogen-bond acceptors (Lipinski definition) is 12. The third kappa shape index (κ3) is 7.30. The van der Waals surface area contributed by atoms with Gasteiger partial charge >= 0.3 is 0 Å². The highest BCUT2D eigenvalue weighted by Gasteiger charge is 2.53. The van der Waals surface area contributed by atoms with Crippen LogP contribution in [0.25, 0.3) is 11.1 Å². The van der Waals surface area contributed by atoms with Crippen molar-refractivity contribution in [2.45, 2.75) is 70.5 Å². The van der Waals surface area contributed by atoms with Gasteiger partial charge in [0.05, 0.1) is 24.6 Å². The summed E-state index contributed by atoms with van der Waals surface area (Å²) in [5, 5.41) is 12.2. The van der Waals surface area contributed by atoms with Gasteiger partial charge in [0.2, 0.25) is 0 Å². The van der Waals surface area contributed by atoms with Crippen molar-refractivity contribution < 1.29 is 13.9 Å². The van der Waals surface area contributed by atoms with Crippen LogP contribution in [0, 0.1) is 23.1 Å². The zero-order chi connectivity index (χ0) is 35.9. The van der Waals surface area contributed by atoms with Crippen molar-refractivity contribution in [3.8, 4) is 22.8 Å². The maximum Gasteiger partial charge on any atom is 0.282 e. The fourth-order valence-corrected chi connectivity index (χ4v) is 9.24. The van der Waals surface area contributed by atoms with E-state index in [1.165, 1.54) is 31.3 Å². The van der Waals surface area contributed by atoms with Crippen LogP contribution in [0.4, 0.5) is 16.0 Å². The molecule has 53 heavy (non-hydrogen) atoms. The summed E-state index contributed by atoms with van der Waals surface area (Å²) in [5.74, 6) is 3.75. The van der Waals surface area contributed by atoms with Gasteiger partial charge in [0.15, 0.2) is 5.82 Å². The molecule has 1 aromatic carbocycles. The van der Waals surface area contributed by atoms with Crippen LogP contribution in [-0.4, -0.2) is 104 Å². The number of nitrogens with one attached hydrogen (secondary N) is 1. The Morgan fingerprint density at radius 2 is 1.85 bits per heavy atom. The molecule has 1 spiro atoms. The van der Waals surface area contributed by atoms with E-state index in [-0.39, 0.29) is 11.2 Å². The van der Waals surface area contributed by atoms with Gasteiger partial charge in [0.25, 0.3) is 5.88 Å². The minimum atomic E-state index is -0.346. The second-order valence-electron chi connectivity index (χ2n) is 16.2. The molecular formula is C40H49FN10O2. The van der Waals surface area contributed by atoms with Crippen LogP contribution in [-0.2, 0) is 11.3 Å². The van der Waals surface area contributed by atoms with Crippen molar-refractivity contribution >= 4 is 11.6 Å². The molecule has 0 unspecified atom stereocenters. The van der Waals surface area contributed by atoms with Crippen LogP contribution in [0.3, 0.4) is 0 Å². The summed E-state index contributed by atoms with van der Waals surface area (Å²) in [7, 11) is 0. The Morgan fingerprint density at radius 1 is 1.00 bits per heavy atom. The maximum absolute atomic E-state index is 14.6. The normalized spacial score (nSPS) is 23.5. The Bertz CT molecular complexity index is 1910. The van der Waals surface area contributed by atoms with E-state index in [9.17, 15) is 4.39 Å². The standard InChI is InChI=1S/C40H49FN10O2/c1-26(2)37(28-16-31(17-28)47-35-5-3-4-30(46-35)20-49-12-14-52-15-13-49)51-22-40(23-51)10-11-50(21-40)38-39(48-45-25-44-38)53-34-9-8-29(41)18-32(34)33-19-42-24-43-36(33)27-6-7-27/h3-5,8-9,18-19,24-28,31,37H,6-7,10-17,20-23H2,1-2H3,(H,46,47)/t28?,31?,37-/m1/s1. The van der Waals surface area contributed by atoms with Gasteiger partial charge in [-0.25, -0.2) is 24.3 Å². The van der Waals surface area contributed by atoms with E-state index in [0.717, 1.165) is 101 Å². The number of halogens is 1. The fourth-order valence-electron chi connectivity index (χ4n) is 9.24. The summed E-state index contributed by atoms with van der Waals surface area (Å²) < 4.78 is 26.6. The number of ether oxygens (including phenoxy) is 2. The van der Waals surface area contributed by atoms with Crippen molar-refractivity contribution in [1.82, 2.24) is 39.9 Å². The zero-order valence-electron chi connectivity index (χ0n) is 30.7. The maximum atomic E-state index is 14.6. The number of aromatic nitrogens is 6. The van der Waals surface area contributed by atoms with Gasteiger partial charge in [-0.15, -0.1) is 10.2 Å². The molecule has 3 saturated heterocycles. The number of nitrogens with zero attached hydrogens (tertiary/aromatic N) is 9. The van der Waals surface area contributed by atoms with E-state index >= 15 is 0 Å². The smallest absolute Gasteiger partial charge is 0.282 e. The summed E-state index contributed by atoms with van der Waals surface area (Å²) >= 11 is 0. The van der Waals surface area contributed by atoms with Crippen LogP contribution in [0.15, 0.2) is 55.2 Å². The zero-order valence-corrected chi connectivity index (χ0v) is 30.7. The van der Waals surface area contributed by atoms with E-state index in [2.05, 4.69) is 77.2 Å². The SMILES string of the molecule is CC(C)[C@H](C1CC(Nc2cccc(CN3CCOCC3)n2)C1)N1CC2(CCN(c3ncnnc3Oc3ccc(F)cc3-c3cncnc3C3CC3)C2)C1. The number of pyridine rings is 1. The van der Waals surface area contributed by atoms with E-state index in [1.807, 2.05) is 0 Å². The van der Waals surface area contributed by atoms with E-state index in [0.29, 0.717) is 52.8 Å². The van der Waals surface area contributed by atoms with E-state index in [4.69, 9.17) is 14.5 Å². The number of rotatable bonds is 12. The van der Waals surface area contributed by atoms with Gasteiger partial charge in [-0.05, 0) is 74.3 Å². The molecule has 2 aliphatic carbocycles. The van der Waals surface area contributed by atoms with Crippen LogP contribution in [0.1, 0.15) is 63.3 Å². The molecule has 0 bridgehead atoms. The molecule has 9 rings (SSSR count). The Labute approximate surface area is 310 Å². The third-order valence-electron chi connectivity index (χ3n) is 11.9. The topological polar surface area (TPSA) is 118 Å². The lowest BCUT2D eigenvalue weighted by Gasteiger charge is -2.57. The van der Waals surface area contributed by atoms with Gasteiger partial charge < -0.3 is 19.7 Å². The lowest BCUT2D eigenvalue weighted by atomic mass is 9.68. The van der Waals surface area contributed by atoms with Gasteiger partial charge in [-0.1, -0.05) is 19.9 Å². The van der Waals surface area contributed by atoms with E-state index in [1.54, 1.807) is 18.6 Å². The Hall–Kier alpha value is -4.33. The third-order valence-corrected chi connectivity index (χ3v) is 11.9. The van der Waals surface area contributed by atoms with Crippen molar-refractivity contribution in [1.29, 1.82) is 0 Å². The average molecular weight is 721 g/mol. The highest BCUT2D eigenvalue weighted by atomic mass is 19.1. The monoisotopic (exact) mass is 720 g/mol. The Kier molecular flexibility index (Phi) is 9.41. The van der Waals surface area contributed by atoms with Crippen LogP contribution in [0.5, 0.6) is 11.6 Å². The molecule has 278 valence electrons. The Morgan fingerprint density at radius 3 is 2.66 bits per heavy atom. The molecule has 6 heterocycles. The fraction of sp³-hybridized carbons (Fsp3) is 0.550. The van der Waals surface area contributed by atoms with Crippen LogP contribution < -0.4 is 15.0 Å². The molecule has 0 amide bonds. The van der Waals surface area contributed by atoms with Crippen molar-refractivity contribution in [2.75, 3.05) is 62.7 Å². The second-order valence-corrected chi connectivity index (χ2v) is 16.2. The first kappa shape index (κ1) is 34.4. The minimum Gasteiger partial charge on any atom is -0.434 e. The number of morpholine rings is 1. The first-order chi connectivity index (χ1) is 25.9. The lowest BCUT2D eigenvalue weighted by molar-refractivity contribution is -0.0656. The van der Waals surface area contributed by atoms with Crippen molar-refractivity contribution in [3.63, 3.8) is 0 Å². The summed E-state index contributed by atoms with van der Waals surface area (Å²) in [5.41, 5.74) is 3.66. The molecule has 4 aromatic rings. The number of likely N-dealkylation sites (tertiary alicyclic amines) is 1. The van der Waals surface area contributed by atoms with Crippen molar-refractivity contribution in [2.24, 2.45) is 17.3 Å². The molecule has 2 saturated carbocycles. The minimum absolute atomic E-state index is 0.211. The van der Waals surface area contributed by atoms with Crippen molar-refractivity contribution in [3.05, 3.63) is 72.5 Å². The van der Waals surface area contributed by atoms with Gasteiger partial charge in [0.1, 0.15) is 30.0 Å². The molecular weight excluding hydrogens is 672 g/mol. The predicted octanol–water partition coefficient (Wildman–Crippen LogP) is 5.79. The summed E-state index contributed by atoms with van der Waals surface area (Å²) in [6.45, 7) is 13.1. The molecule has 1 atom stereocenters. The molecule has 3 aliphatic heterocycles. The quantitative estimate of drug-likeness (QED) is 0.191. The first-order valence-corrected chi connectivity index (χ1v) is 19.4. The van der Waals surface area contributed by atoms with Crippen LogP contribution in [0.2, 0.25) is 0 Å². The molecule has 12 nitrogen and oxygen atoms in total. The molecule has 3 aromatic heterocycles. The summed E-state index contributed by atoms with van der Waals surface area (Å²) in [6, 6.07) is 11.9. The van der Waals surface area contributed by atoms with Gasteiger partial charge in [-0.2, -0.15) is 0 Å².